The molecule has 21 heavy (non-hydrogen) atoms. The molecule has 0 aromatic carbocycles. The Labute approximate surface area is 120 Å². The summed E-state index contributed by atoms with van der Waals surface area (Å²) in [5.41, 5.74) is 4.10. The molecule has 0 saturated carbocycles. The fraction of sp³-hybridized carbons (Fsp3) is 0.538. The Morgan fingerprint density at radius 1 is 1.52 bits per heavy atom. The van der Waals surface area contributed by atoms with Gasteiger partial charge in [-0.15, -0.1) is 0 Å². The van der Waals surface area contributed by atoms with Gasteiger partial charge in [0.05, 0.1) is 5.56 Å². The van der Waals surface area contributed by atoms with Crippen LogP contribution in [0, 0.1) is 5.92 Å². The number of likely N-dealkylation sites (tertiary alicyclic amines) is 1. The summed E-state index contributed by atoms with van der Waals surface area (Å²) in [6, 6.07) is 1.82. The third-order valence-corrected chi connectivity index (χ3v) is 3.50. The lowest BCUT2D eigenvalue weighted by atomic mass is 10.1. The zero-order valence-corrected chi connectivity index (χ0v) is 11.6. The first-order chi connectivity index (χ1) is 9.77. The van der Waals surface area contributed by atoms with Crippen molar-refractivity contribution in [1.82, 2.24) is 9.88 Å². The monoisotopic (exact) mass is 302 g/mol. The Bertz CT molecular complexity index is 533. The number of hydrogen-bond acceptors (Lipinski definition) is 4. The van der Waals surface area contributed by atoms with Gasteiger partial charge in [-0.1, -0.05) is 0 Å². The van der Waals surface area contributed by atoms with E-state index in [1.807, 2.05) is 7.05 Å². The number of nitrogens with zero attached hydrogens (tertiary/aromatic N) is 2. The number of alkyl halides is 3. The van der Waals surface area contributed by atoms with Crippen molar-refractivity contribution in [2.45, 2.75) is 12.6 Å². The second-order valence-electron chi connectivity index (χ2n) is 5.25. The van der Waals surface area contributed by atoms with Gasteiger partial charge < -0.3 is 16.0 Å². The van der Waals surface area contributed by atoms with Crippen molar-refractivity contribution in [3.63, 3.8) is 0 Å². The van der Waals surface area contributed by atoms with E-state index in [4.69, 9.17) is 5.73 Å². The number of carbonyl (C=O) groups excluding carboxylic acids is 1. The van der Waals surface area contributed by atoms with E-state index in [9.17, 15) is 18.0 Å². The molecule has 1 aromatic heterocycles. The van der Waals surface area contributed by atoms with Crippen LogP contribution in [0.3, 0.4) is 0 Å². The van der Waals surface area contributed by atoms with Gasteiger partial charge in [0.25, 0.3) is 5.91 Å². The lowest BCUT2D eigenvalue weighted by Crippen LogP contribution is -2.23. The van der Waals surface area contributed by atoms with Crippen LogP contribution in [-0.4, -0.2) is 42.5 Å². The summed E-state index contributed by atoms with van der Waals surface area (Å²) in [5, 5.41) is 2.83. The third kappa shape index (κ3) is 3.84. The van der Waals surface area contributed by atoms with Crippen molar-refractivity contribution in [1.29, 1.82) is 0 Å². The van der Waals surface area contributed by atoms with Gasteiger partial charge in [0, 0.05) is 13.1 Å². The lowest BCUT2D eigenvalue weighted by Gasteiger charge is -2.15. The van der Waals surface area contributed by atoms with Gasteiger partial charge in [-0.05, 0) is 38.1 Å². The molecule has 1 amide bonds. The standard InChI is InChI=1S/C13H17F3N4O/c1-20-5-4-8(7-20)6-18-12-9(11(17)21)2-3-10(19-12)13(14,15)16/h2-3,8H,4-7H2,1H3,(H2,17,21)(H,18,19). The molecule has 0 aliphatic carbocycles. The van der Waals surface area contributed by atoms with Crippen molar-refractivity contribution < 1.29 is 18.0 Å². The molecule has 0 radical (unpaired) electrons. The van der Waals surface area contributed by atoms with E-state index in [-0.39, 0.29) is 11.4 Å². The second kappa shape index (κ2) is 5.88. The second-order valence-corrected chi connectivity index (χ2v) is 5.25. The first kappa shape index (κ1) is 15.6. The number of primary amides is 1. The highest BCUT2D eigenvalue weighted by atomic mass is 19.4. The predicted molar refractivity (Wildman–Crippen MR) is 71.9 cm³/mol. The van der Waals surface area contributed by atoms with E-state index >= 15 is 0 Å². The average molecular weight is 302 g/mol. The largest absolute Gasteiger partial charge is 0.433 e. The molecular formula is C13H17F3N4O. The Morgan fingerprint density at radius 3 is 2.76 bits per heavy atom. The van der Waals surface area contributed by atoms with E-state index in [2.05, 4.69) is 15.2 Å². The van der Waals surface area contributed by atoms with Crippen LogP contribution >= 0.6 is 0 Å². The molecular weight excluding hydrogens is 285 g/mol. The van der Waals surface area contributed by atoms with Crippen molar-refractivity contribution in [3.8, 4) is 0 Å². The number of amides is 1. The van der Waals surface area contributed by atoms with Gasteiger partial charge in [0.15, 0.2) is 0 Å². The number of pyridine rings is 1. The number of halogens is 3. The number of hydrogen-bond donors (Lipinski definition) is 2. The number of anilines is 1. The molecule has 0 bridgehead atoms. The number of carbonyl (C=O) groups is 1. The SMILES string of the molecule is CN1CCC(CNc2nc(C(F)(F)F)ccc2C(N)=O)C1. The molecule has 2 rings (SSSR count). The minimum absolute atomic E-state index is 0.0330. The van der Waals surface area contributed by atoms with Gasteiger partial charge in [0.1, 0.15) is 11.5 Å². The average Bonchev–Trinajstić information content (AvgIpc) is 2.80. The van der Waals surface area contributed by atoms with E-state index in [1.54, 1.807) is 0 Å². The highest BCUT2D eigenvalue weighted by Gasteiger charge is 2.33. The van der Waals surface area contributed by atoms with Crippen LogP contribution in [0.15, 0.2) is 12.1 Å². The van der Waals surface area contributed by atoms with Gasteiger partial charge >= 0.3 is 6.18 Å². The van der Waals surface area contributed by atoms with Crippen LogP contribution in [0.4, 0.5) is 19.0 Å². The lowest BCUT2D eigenvalue weighted by molar-refractivity contribution is -0.141. The van der Waals surface area contributed by atoms with E-state index in [1.165, 1.54) is 0 Å². The summed E-state index contributed by atoms with van der Waals surface area (Å²) in [7, 11) is 1.98. The zero-order chi connectivity index (χ0) is 15.6. The first-order valence-corrected chi connectivity index (χ1v) is 6.58. The Hall–Kier alpha value is -1.83. The van der Waals surface area contributed by atoms with Crippen LogP contribution in [0.5, 0.6) is 0 Å². The molecule has 1 atom stereocenters. The molecule has 5 nitrogen and oxygen atoms in total. The fourth-order valence-electron chi connectivity index (χ4n) is 2.38. The van der Waals surface area contributed by atoms with Crippen LogP contribution in [0.1, 0.15) is 22.5 Å². The molecule has 8 heteroatoms. The minimum atomic E-state index is -4.56. The van der Waals surface area contributed by atoms with E-state index in [0.29, 0.717) is 12.5 Å². The maximum atomic E-state index is 12.7. The Kier molecular flexibility index (Phi) is 4.36. The van der Waals surface area contributed by atoms with Crippen LogP contribution in [0.2, 0.25) is 0 Å². The van der Waals surface area contributed by atoms with E-state index < -0.39 is 17.8 Å². The maximum absolute atomic E-state index is 12.7. The van der Waals surface area contributed by atoms with Crippen LogP contribution < -0.4 is 11.1 Å². The van der Waals surface area contributed by atoms with Crippen molar-refractivity contribution in [2.24, 2.45) is 11.7 Å². The molecule has 1 fully saturated rings. The summed E-state index contributed by atoms with van der Waals surface area (Å²) in [6.07, 6.45) is -3.60. The molecule has 3 N–H and O–H groups in total. The summed E-state index contributed by atoms with van der Waals surface area (Å²) in [5.74, 6) is -0.596. The molecule has 1 saturated heterocycles. The van der Waals surface area contributed by atoms with Crippen LogP contribution in [-0.2, 0) is 6.18 Å². The normalized spacial score (nSPS) is 19.7. The number of aromatic nitrogens is 1. The molecule has 1 aromatic rings. The summed E-state index contributed by atoms with van der Waals surface area (Å²) < 4.78 is 38.0. The summed E-state index contributed by atoms with van der Waals surface area (Å²) in [4.78, 5) is 16.9. The Morgan fingerprint density at radius 2 is 2.24 bits per heavy atom. The number of nitrogens with two attached hydrogens (primary N) is 1. The molecule has 116 valence electrons. The first-order valence-electron chi connectivity index (χ1n) is 6.58. The van der Waals surface area contributed by atoms with Crippen molar-refractivity contribution >= 4 is 11.7 Å². The van der Waals surface area contributed by atoms with Gasteiger partial charge in [-0.2, -0.15) is 13.2 Å². The Balaban J connectivity index is 2.16. The predicted octanol–water partition coefficient (Wildman–Crippen LogP) is 1.56. The fourth-order valence-corrected chi connectivity index (χ4v) is 2.38. The number of nitrogens with one attached hydrogen (secondary N) is 1. The zero-order valence-electron chi connectivity index (χ0n) is 11.6. The molecule has 0 spiro atoms. The highest BCUT2D eigenvalue weighted by Crippen LogP contribution is 2.29. The van der Waals surface area contributed by atoms with Crippen molar-refractivity contribution in [3.05, 3.63) is 23.4 Å². The quantitative estimate of drug-likeness (QED) is 0.885. The molecule has 1 unspecified atom stereocenters. The van der Waals surface area contributed by atoms with Gasteiger partial charge in [0.2, 0.25) is 0 Å². The number of rotatable bonds is 4. The molecule has 1 aliphatic heterocycles. The molecule has 1 aliphatic rings. The van der Waals surface area contributed by atoms with Gasteiger partial charge in [-0.3, -0.25) is 4.79 Å². The van der Waals surface area contributed by atoms with Crippen LogP contribution in [0.25, 0.3) is 0 Å². The van der Waals surface area contributed by atoms with Gasteiger partial charge in [-0.25, -0.2) is 4.98 Å². The summed E-state index contributed by atoms with van der Waals surface area (Å²) >= 11 is 0. The topological polar surface area (TPSA) is 71.2 Å². The van der Waals surface area contributed by atoms with Crippen molar-refractivity contribution in [2.75, 3.05) is 32.0 Å². The van der Waals surface area contributed by atoms with E-state index in [0.717, 1.165) is 31.6 Å². The highest BCUT2D eigenvalue weighted by molar-refractivity contribution is 5.97. The maximum Gasteiger partial charge on any atom is 0.433 e. The molecule has 2 heterocycles. The minimum Gasteiger partial charge on any atom is -0.369 e. The third-order valence-electron chi connectivity index (χ3n) is 3.50. The smallest absolute Gasteiger partial charge is 0.369 e. The summed E-state index contributed by atoms with van der Waals surface area (Å²) in [6.45, 7) is 2.27.